The number of anilines is 1. The maximum Gasteiger partial charge on any atom is 0.242 e. The lowest BCUT2D eigenvalue weighted by Gasteiger charge is -2.24. The quantitative estimate of drug-likeness (QED) is 0.886. The highest BCUT2D eigenvalue weighted by atomic mass is 16.3. The van der Waals surface area contributed by atoms with Crippen molar-refractivity contribution in [2.75, 3.05) is 31.6 Å². The first-order chi connectivity index (χ1) is 9.09. The van der Waals surface area contributed by atoms with Crippen LogP contribution in [-0.4, -0.2) is 47.6 Å². The van der Waals surface area contributed by atoms with Crippen molar-refractivity contribution in [1.82, 2.24) is 9.88 Å². The molecule has 2 heterocycles. The molecule has 0 aliphatic carbocycles. The fourth-order valence-corrected chi connectivity index (χ4v) is 2.40. The van der Waals surface area contributed by atoms with Gasteiger partial charge in [-0.2, -0.15) is 0 Å². The van der Waals surface area contributed by atoms with Gasteiger partial charge in [-0.15, -0.1) is 0 Å². The molecule has 1 aromatic rings. The summed E-state index contributed by atoms with van der Waals surface area (Å²) in [4.78, 5) is 20.1. The molecule has 1 atom stereocenters. The van der Waals surface area contributed by atoms with Crippen molar-refractivity contribution in [2.45, 2.75) is 25.9 Å². The molecule has 0 spiro atoms. The van der Waals surface area contributed by atoms with E-state index in [0.29, 0.717) is 12.4 Å². The van der Waals surface area contributed by atoms with Gasteiger partial charge in [0.15, 0.2) is 0 Å². The van der Waals surface area contributed by atoms with Crippen molar-refractivity contribution in [3.63, 3.8) is 0 Å². The number of carbonyl (C=O) groups excluding carboxylic acids is 1. The van der Waals surface area contributed by atoms with E-state index in [4.69, 9.17) is 0 Å². The van der Waals surface area contributed by atoms with Crippen LogP contribution >= 0.6 is 0 Å². The van der Waals surface area contributed by atoms with Crippen LogP contribution in [0, 0.1) is 0 Å². The summed E-state index contributed by atoms with van der Waals surface area (Å²) in [5.74, 6) is 0.798. The topological polar surface area (TPSA) is 56.7 Å². The summed E-state index contributed by atoms with van der Waals surface area (Å²) in [6.45, 7) is 3.73. The predicted molar refractivity (Wildman–Crippen MR) is 74.0 cm³/mol. The fourth-order valence-electron chi connectivity index (χ4n) is 2.40. The third kappa shape index (κ3) is 3.23. The number of aromatic nitrogens is 1. The lowest BCUT2D eigenvalue weighted by atomic mass is 10.1. The van der Waals surface area contributed by atoms with E-state index in [0.717, 1.165) is 31.5 Å². The molecule has 1 aromatic heterocycles. The summed E-state index contributed by atoms with van der Waals surface area (Å²) < 4.78 is 0. The van der Waals surface area contributed by atoms with Crippen molar-refractivity contribution in [2.24, 2.45) is 0 Å². The van der Waals surface area contributed by atoms with Crippen LogP contribution < -0.4 is 4.90 Å². The van der Waals surface area contributed by atoms with Crippen LogP contribution in [0.25, 0.3) is 0 Å². The number of hydrogen-bond donors (Lipinski definition) is 1. The number of carbonyl (C=O) groups is 1. The van der Waals surface area contributed by atoms with Crippen LogP contribution in [0.5, 0.6) is 0 Å². The summed E-state index contributed by atoms with van der Waals surface area (Å²) in [6.07, 6.45) is 3.28. The molecule has 19 heavy (non-hydrogen) atoms. The second-order valence-corrected chi connectivity index (χ2v) is 5.04. The minimum absolute atomic E-state index is 0.127. The first-order valence-electron chi connectivity index (χ1n) is 6.71. The van der Waals surface area contributed by atoms with E-state index in [2.05, 4.69) is 4.98 Å². The molecule has 1 amide bonds. The first-order valence-corrected chi connectivity index (χ1v) is 6.71. The van der Waals surface area contributed by atoms with Crippen molar-refractivity contribution >= 4 is 11.7 Å². The molecule has 0 saturated carbocycles. The molecule has 104 valence electrons. The number of hydrogen-bond acceptors (Lipinski definition) is 4. The smallest absolute Gasteiger partial charge is 0.242 e. The van der Waals surface area contributed by atoms with Crippen LogP contribution in [0.2, 0.25) is 0 Å². The molecule has 0 radical (unpaired) electrons. The number of aliphatic hydroxyl groups is 1. The number of nitrogens with zero attached hydrogens (tertiary/aromatic N) is 3. The summed E-state index contributed by atoms with van der Waals surface area (Å²) >= 11 is 0. The molecule has 0 aromatic carbocycles. The zero-order chi connectivity index (χ0) is 13.8. The third-order valence-electron chi connectivity index (χ3n) is 3.46. The van der Waals surface area contributed by atoms with Crippen LogP contribution in [0.15, 0.2) is 18.3 Å². The largest absolute Gasteiger partial charge is 0.389 e. The second-order valence-electron chi connectivity index (χ2n) is 5.04. The van der Waals surface area contributed by atoms with Crippen LogP contribution in [0.3, 0.4) is 0 Å². The van der Waals surface area contributed by atoms with Crippen LogP contribution in [-0.2, 0) is 4.79 Å². The number of likely N-dealkylation sites (tertiary alicyclic amines) is 1. The van der Waals surface area contributed by atoms with Gasteiger partial charge in [0.05, 0.1) is 12.6 Å². The molecule has 1 fully saturated rings. The number of likely N-dealkylation sites (N-methyl/N-ethyl adjacent to an activating group) is 1. The number of pyridine rings is 1. The Bertz CT molecular complexity index is 442. The maximum absolute atomic E-state index is 12.1. The Hall–Kier alpha value is -1.62. The normalized spacial score (nSPS) is 16.5. The molecule has 1 saturated heterocycles. The minimum atomic E-state index is -0.590. The Morgan fingerprint density at radius 1 is 1.53 bits per heavy atom. The molecular weight excluding hydrogens is 242 g/mol. The zero-order valence-electron chi connectivity index (χ0n) is 11.5. The van der Waals surface area contributed by atoms with Gasteiger partial charge >= 0.3 is 0 Å². The minimum Gasteiger partial charge on any atom is -0.389 e. The van der Waals surface area contributed by atoms with Crippen LogP contribution in [0.1, 0.15) is 31.4 Å². The van der Waals surface area contributed by atoms with Gasteiger partial charge in [0.1, 0.15) is 5.82 Å². The molecule has 5 heteroatoms. The molecule has 1 unspecified atom stereocenters. The van der Waals surface area contributed by atoms with Gasteiger partial charge in [0, 0.05) is 31.9 Å². The Morgan fingerprint density at radius 3 is 2.84 bits per heavy atom. The summed E-state index contributed by atoms with van der Waals surface area (Å²) in [5.41, 5.74) is 0.749. The Balaban J connectivity index is 2.07. The number of rotatable bonds is 4. The maximum atomic E-state index is 12.1. The van der Waals surface area contributed by atoms with Gasteiger partial charge in [0.2, 0.25) is 5.91 Å². The van der Waals surface area contributed by atoms with E-state index in [1.54, 1.807) is 19.2 Å². The molecule has 1 aliphatic heterocycles. The molecule has 0 bridgehead atoms. The van der Waals surface area contributed by atoms with Gasteiger partial charge in [-0.25, -0.2) is 4.98 Å². The Morgan fingerprint density at radius 2 is 2.21 bits per heavy atom. The lowest BCUT2D eigenvalue weighted by molar-refractivity contribution is -0.128. The third-order valence-corrected chi connectivity index (χ3v) is 3.46. The predicted octanol–water partition coefficient (Wildman–Crippen LogP) is 1.19. The first kappa shape index (κ1) is 13.8. The highest BCUT2D eigenvalue weighted by molar-refractivity contribution is 5.81. The highest BCUT2D eigenvalue weighted by Crippen LogP contribution is 2.22. The Kier molecular flexibility index (Phi) is 4.37. The van der Waals surface area contributed by atoms with Crippen molar-refractivity contribution < 1.29 is 9.90 Å². The molecule has 1 aliphatic rings. The van der Waals surface area contributed by atoms with E-state index in [9.17, 15) is 9.90 Å². The van der Waals surface area contributed by atoms with E-state index >= 15 is 0 Å². The fraction of sp³-hybridized carbons (Fsp3) is 0.571. The van der Waals surface area contributed by atoms with Gasteiger partial charge in [-0.05, 0) is 25.8 Å². The van der Waals surface area contributed by atoms with Crippen molar-refractivity contribution in [3.05, 3.63) is 23.9 Å². The van der Waals surface area contributed by atoms with E-state index in [-0.39, 0.29) is 5.91 Å². The summed E-state index contributed by atoms with van der Waals surface area (Å²) in [6, 6.07) is 3.63. The number of aliphatic hydroxyl groups excluding tert-OH is 1. The van der Waals surface area contributed by atoms with Gasteiger partial charge < -0.3 is 14.9 Å². The SMILES string of the molecule is CC(O)c1cccnc1N(C)CC(=O)N1CCCC1. The average Bonchev–Trinajstić information content (AvgIpc) is 2.92. The summed E-state index contributed by atoms with van der Waals surface area (Å²) in [5, 5.41) is 9.74. The van der Waals surface area contributed by atoms with E-state index in [1.165, 1.54) is 0 Å². The lowest BCUT2D eigenvalue weighted by Crippen LogP contribution is -2.37. The molecule has 2 rings (SSSR count). The van der Waals surface area contributed by atoms with E-state index < -0.39 is 6.10 Å². The average molecular weight is 263 g/mol. The van der Waals surface area contributed by atoms with Gasteiger partial charge in [-0.1, -0.05) is 6.07 Å². The van der Waals surface area contributed by atoms with E-state index in [1.807, 2.05) is 22.9 Å². The van der Waals surface area contributed by atoms with Crippen LogP contribution in [0.4, 0.5) is 5.82 Å². The van der Waals surface area contributed by atoms with Crippen molar-refractivity contribution in [3.8, 4) is 0 Å². The second kappa shape index (κ2) is 6.02. The summed E-state index contributed by atoms with van der Waals surface area (Å²) in [7, 11) is 1.84. The molecular formula is C14H21N3O2. The Labute approximate surface area is 113 Å². The highest BCUT2D eigenvalue weighted by Gasteiger charge is 2.21. The molecule has 1 N–H and O–H groups in total. The van der Waals surface area contributed by atoms with Gasteiger partial charge in [-0.3, -0.25) is 4.79 Å². The van der Waals surface area contributed by atoms with Crippen molar-refractivity contribution in [1.29, 1.82) is 0 Å². The monoisotopic (exact) mass is 263 g/mol. The zero-order valence-corrected chi connectivity index (χ0v) is 11.5. The standard InChI is InChI=1S/C14H21N3O2/c1-11(18)12-6-5-7-15-14(12)16(2)10-13(19)17-8-3-4-9-17/h5-7,11,18H,3-4,8-10H2,1-2H3. The van der Waals surface area contributed by atoms with Gasteiger partial charge in [0.25, 0.3) is 0 Å². The number of amides is 1. The molecule has 5 nitrogen and oxygen atoms in total.